The molecule has 0 aromatic rings. The first-order chi connectivity index (χ1) is 6.02. The molecule has 0 aliphatic rings. The zero-order valence-electron chi connectivity index (χ0n) is 9.41. The second-order valence-electron chi connectivity index (χ2n) is 3.75. The zero-order chi connectivity index (χ0) is 10.4. The zero-order valence-corrected chi connectivity index (χ0v) is 9.41. The first kappa shape index (κ1) is 12.4. The van der Waals surface area contributed by atoms with Gasteiger partial charge < -0.3 is 4.90 Å². The van der Waals surface area contributed by atoms with Crippen molar-refractivity contribution < 1.29 is 0 Å². The molecule has 0 bridgehead atoms. The summed E-state index contributed by atoms with van der Waals surface area (Å²) >= 11 is 0. The minimum atomic E-state index is 0.0138. The van der Waals surface area contributed by atoms with Crippen molar-refractivity contribution in [2.24, 2.45) is 0 Å². The molecule has 13 heavy (non-hydrogen) atoms. The van der Waals surface area contributed by atoms with Crippen LogP contribution >= 0.6 is 0 Å². The van der Waals surface area contributed by atoms with Crippen LogP contribution in [0, 0.1) is 11.3 Å². The molecule has 2 unspecified atom stereocenters. The van der Waals surface area contributed by atoms with Crippen molar-refractivity contribution in [2.45, 2.75) is 32.9 Å². The monoisotopic (exact) mass is 183 g/mol. The molecule has 0 heterocycles. The minimum Gasteiger partial charge on any atom is -0.308 e. The van der Waals surface area contributed by atoms with Gasteiger partial charge in [0.15, 0.2) is 0 Å². The summed E-state index contributed by atoms with van der Waals surface area (Å²) < 4.78 is 0. The maximum atomic E-state index is 8.81. The van der Waals surface area contributed by atoms with Crippen molar-refractivity contribution in [3.05, 3.63) is 0 Å². The maximum absolute atomic E-state index is 8.81. The van der Waals surface area contributed by atoms with E-state index in [0.717, 1.165) is 13.1 Å². The molecular weight excluding hydrogens is 162 g/mol. The van der Waals surface area contributed by atoms with Crippen LogP contribution in [0.3, 0.4) is 0 Å². The fraction of sp³-hybridized carbons (Fsp3) is 0.900. The Morgan fingerprint density at radius 1 is 1.31 bits per heavy atom. The van der Waals surface area contributed by atoms with Crippen molar-refractivity contribution in [1.82, 2.24) is 9.80 Å². The number of nitriles is 1. The molecule has 0 fully saturated rings. The molecule has 0 amide bonds. The number of rotatable bonds is 5. The van der Waals surface area contributed by atoms with Gasteiger partial charge >= 0.3 is 0 Å². The SMILES string of the molecule is CCN(C(C)C#N)C(C)CN(C)C. The van der Waals surface area contributed by atoms with Crippen molar-refractivity contribution in [3.63, 3.8) is 0 Å². The summed E-state index contributed by atoms with van der Waals surface area (Å²) in [6, 6.07) is 2.73. The van der Waals surface area contributed by atoms with E-state index in [4.69, 9.17) is 5.26 Å². The molecular formula is C10H21N3. The van der Waals surface area contributed by atoms with Crippen LogP contribution in [0.25, 0.3) is 0 Å². The summed E-state index contributed by atoms with van der Waals surface area (Å²) in [7, 11) is 4.11. The number of nitrogens with zero attached hydrogens (tertiary/aromatic N) is 3. The first-order valence-electron chi connectivity index (χ1n) is 4.83. The summed E-state index contributed by atoms with van der Waals surface area (Å²) in [5, 5.41) is 8.81. The molecule has 0 spiro atoms. The topological polar surface area (TPSA) is 30.3 Å². The molecule has 0 N–H and O–H groups in total. The Morgan fingerprint density at radius 2 is 1.85 bits per heavy atom. The summed E-state index contributed by atoms with van der Waals surface area (Å²) in [6.07, 6.45) is 0. The molecule has 0 rings (SSSR count). The lowest BCUT2D eigenvalue weighted by atomic mass is 10.2. The van der Waals surface area contributed by atoms with Crippen molar-refractivity contribution in [3.8, 4) is 6.07 Å². The standard InChI is InChI=1S/C10H21N3/c1-6-13(9(2)7-11)10(3)8-12(4)5/h9-10H,6,8H2,1-5H3. The fourth-order valence-corrected chi connectivity index (χ4v) is 1.67. The summed E-state index contributed by atoms with van der Waals surface area (Å²) in [5.74, 6) is 0. The third-order valence-electron chi connectivity index (χ3n) is 2.24. The second kappa shape index (κ2) is 5.95. The Kier molecular flexibility index (Phi) is 5.68. The average molecular weight is 183 g/mol. The van der Waals surface area contributed by atoms with Gasteiger partial charge in [-0.15, -0.1) is 0 Å². The van der Waals surface area contributed by atoms with Gasteiger partial charge in [-0.3, -0.25) is 4.90 Å². The Morgan fingerprint density at radius 3 is 2.15 bits per heavy atom. The van der Waals surface area contributed by atoms with Gasteiger partial charge in [0.1, 0.15) is 0 Å². The predicted octanol–water partition coefficient (Wildman–Crippen LogP) is 1.17. The Balaban J connectivity index is 4.16. The van der Waals surface area contributed by atoms with Gasteiger partial charge in [-0.1, -0.05) is 6.92 Å². The van der Waals surface area contributed by atoms with Crippen LogP contribution in [-0.4, -0.2) is 49.1 Å². The molecule has 0 aromatic heterocycles. The van der Waals surface area contributed by atoms with E-state index in [1.165, 1.54) is 0 Å². The molecule has 0 aromatic carbocycles. The van der Waals surface area contributed by atoms with E-state index in [1.54, 1.807) is 0 Å². The minimum absolute atomic E-state index is 0.0138. The Labute approximate surface area is 81.9 Å². The highest BCUT2D eigenvalue weighted by atomic mass is 15.2. The van der Waals surface area contributed by atoms with Gasteiger partial charge in [0, 0.05) is 12.6 Å². The van der Waals surface area contributed by atoms with Crippen LogP contribution in [0.5, 0.6) is 0 Å². The molecule has 0 aliphatic heterocycles. The van der Waals surface area contributed by atoms with Crippen LogP contribution in [0.4, 0.5) is 0 Å². The van der Waals surface area contributed by atoms with Gasteiger partial charge in [0.2, 0.25) is 0 Å². The Hall–Kier alpha value is -0.590. The highest BCUT2D eigenvalue weighted by Crippen LogP contribution is 2.05. The second-order valence-corrected chi connectivity index (χ2v) is 3.75. The third-order valence-corrected chi connectivity index (χ3v) is 2.24. The summed E-state index contributed by atoms with van der Waals surface area (Å²) in [4.78, 5) is 4.36. The largest absolute Gasteiger partial charge is 0.308 e. The molecule has 3 heteroatoms. The molecule has 0 aliphatic carbocycles. The lowest BCUT2D eigenvalue weighted by Gasteiger charge is -2.31. The van der Waals surface area contributed by atoms with E-state index in [1.807, 2.05) is 6.92 Å². The smallest absolute Gasteiger partial charge is 0.0952 e. The quantitative estimate of drug-likeness (QED) is 0.641. The first-order valence-corrected chi connectivity index (χ1v) is 4.83. The number of likely N-dealkylation sites (N-methyl/N-ethyl adjacent to an activating group) is 2. The van der Waals surface area contributed by atoms with Gasteiger partial charge in [-0.2, -0.15) is 5.26 Å². The van der Waals surface area contributed by atoms with Crippen LogP contribution < -0.4 is 0 Å². The lowest BCUT2D eigenvalue weighted by Crippen LogP contribution is -2.44. The maximum Gasteiger partial charge on any atom is 0.0952 e. The molecule has 0 saturated heterocycles. The predicted molar refractivity (Wildman–Crippen MR) is 55.5 cm³/mol. The van der Waals surface area contributed by atoms with Gasteiger partial charge in [-0.05, 0) is 34.5 Å². The Bertz CT molecular complexity index is 171. The van der Waals surface area contributed by atoms with E-state index >= 15 is 0 Å². The summed E-state index contributed by atoms with van der Waals surface area (Å²) in [5.41, 5.74) is 0. The number of hydrogen-bond donors (Lipinski definition) is 0. The van der Waals surface area contributed by atoms with E-state index in [0.29, 0.717) is 6.04 Å². The van der Waals surface area contributed by atoms with Crippen LogP contribution in [-0.2, 0) is 0 Å². The average Bonchev–Trinajstić information content (AvgIpc) is 2.03. The van der Waals surface area contributed by atoms with Crippen LogP contribution in [0.1, 0.15) is 20.8 Å². The van der Waals surface area contributed by atoms with E-state index in [9.17, 15) is 0 Å². The van der Waals surface area contributed by atoms with E-state index < -0.39 is 0 Å². The lowest BCUT2D eigenvalue weighted by molar-refractivity contribution is 0.162. The highest BCUT2D eigenvalue weighted by molar-refractivity contribution is 4.90. The van der Waals surface area contributed by atoms with Gasteiger partial charge in [0.05, 0.1) is 12.1 Å². The molecule has 76 valence electrons. The van der Waals surface area contributed by atoms with E-state index in [-0.39, 0.29) is 6.04 Å². The fourth-order valence-electron chi connectivity index (χ4n) is 1.67. The molecule has 2 atom stereocenters. The highest BCUT2D eigenvalue weighted by Gasteiger charge is 2.17. The van der Waals surface area contributed by atoms with Crippen molar-refractivity contribution >= 4 is 0 Å². The molecule has 0 saturated carbocycles. The van der Waals surface area contributed by atoms with E-state index in [2.05, 4.69) is 43.8 Å². The summed E-state index contributed by atoms with van der Waals surface area (Å²) in [6.45, 7) is 8.15. The molecule has 0 radical (unpaired) electrons. The van der Waals surface area contributed by atoms with Crippen LogP contribution in [0.15, 0.2) is 0 Å². The molecule has 3 nitrogen and oxygen atoms in total. The van der Waals surface area contributed by atoms with Gasteiger partial charge in [-0.25, -0.2) is 0 Å². The number of hydrogen-bond acceptors (Lipinski definition) is 3. The normalized spacial score (nSPS) is 15.8. The van der Waals surface area contributed by atoms with Gasteiger partial charge in [0.25, 0.3) is 0 Å². The van der Waals surface area contributed by atoms with Crippen LogP contribution in [0.2, 0.25) is 0 Å². The third kappa shape index (κ3) is 4.25. The van der Waals surface area contributed by atoms with Crippen molar-refractivity contribution in [2.75, 3.05) is 27.2 Å². The van der Waals surface area contributed by atoms with Crippen molar-refractivity contribution in [1.29, 1.82) is 5.26 Å².